The van der Waals surface area contributed by atoms with Crippen LogP contribution in [0.25, 0.3) is 22.3 Å². The van der Waals surface area contributed by atoms with Gasteiger partial charge in [0.1, 0.15) is 0 Å². The molecule has 31 heavy (non-hydrogen) atoms. The van der Waals surface area contributed by atoms with Crippen molar-refractivity contribution in [1.29, 1.82) is 0 Å². The van der Waals surface area contributed by atoms with Crippen molar-refractivity contribution in [3.63, 3.8) is 0 Å². The summed E-state index contributed by atoms with van der Waals surface area (Å²) in [4.78, 5) is 20.8. The maximum Gasteiger partial charge on any atom is 0.252 e. The molecule has 0 bridgehead atoms. The van der Waals surface area contributed by atoms with Crippen molar-refractivity contribution in [1.82, 2.24) is 25.0 Å². The predicted molar refractivity (Wildman–Crippen MR) is 125 cm³/mol. The number of carbonyl (C=O) groups is 1. The predicted octanol–water partition coefficient (Wildman–Crippen LogP) is 4.59. The van der Waals surface area contributed by atoms with E-state index < -0.39 is 0 Å². The van der Waals surface area contributed by atoms with E-state index in [1.165, 1.54) is 6.42 Å². The van der Waals surface area contributed by atoms with Gasteiger partial charge in [-0.1, -0.05) is 31.2 Å². The molecule has 3 aromatic rings. The van der Waals surface area contributed by atoms with E-state index in [-0.39, 0.29) is 18.0 Å². The molecule has 0 spiro atoms. The molecule has 0 aliphatic carbocycles. The number of pyridine rings is 1. The summed E-state index contributed by atoms with van der Waals surface area (Å²) in [7, 11) is 0. The Hall–Kier alpha value is -2.73. The van der Waals surface area contributed by atoms with Gasteiger partial charge in [-0.25, -0.2) is 9.67 Å². The highest BCUT2D eigenvalue weighted by Crippen LogP contribution is 2.28. The minimum Gasteiger partial charge on any atom is -0.349 e. The highest BCUT2D eigenvalue weighted by atomic mass is 16.1. The molecule has 1 aromatic carbocycles. The Kier molecular flexibility index (Phi) is 6.37. The van der Waals surface area contributed by atoms with E-state index in [2.05, 4.69) is 55.1 Å². The number of carbonyl (C=O) groups excluding carboxylic acids is 1. The zero-order valence-corrected chi connectivity index (χ0v) is 19.1. The van der Waals surface area contributed by atoms with Crippen molar-refractivity contribution in [3.05, 3.63) is 47.7 Å². The molecule has 2 aromatic heterocycles. The first-order valence-electron chi connectivity index (χ1n) is 11.5. The number of fused-ring (bicyclic) bond motifs is 1. The second-order valence-electron chi connectivity index (χ2n) is 8.88. The molecule has 4 rings (SSSR count). The van der Waals surface area contributed by atoms with Crippen LogP contribution in [0.2, 0.25) is 0 Å². The van der Waals surface area contributed by atoms with Gasteiger partial charge in [-0.3, -0.25) is 4.79 Å². The standard InChI is InChI=1S/C25H33N5O/c1-5-12-29-13-10-19(11-14-29)27-25(31)21-15-23(20-9-7-6-8-18(20)4)28-24-22(21)16-26-30(24)17(2)3/h6-9,15-17,19H,5,10-14H2,1-4H3,(H,27,31). The van der Waals surface area contributed by atoms with Crippen LogP contribution in [0, 0.1) is 6.92 Å². The van der Waals surface area contributed by atoms with Crippen molar-refractivity contribution < 1.29 is 4.79 Å². The van der Waals surface area contributed by atoms with E-state index in [4.69, 9.17) is 4.98 Å². The highest BCUT2D eigenvalue weighted by Gasteiger charge is 2.23. The van der Waals surface area contributed by atoms with E-state index in [1.54, 1.807) is 6.20 Å². The topological polar surface area (TPSA) is 63.1 Å². The third kappa shape index (κ3) is 4.49. The van der Waals surface area contributed by atoms with Crippen LogP contribution < -0.4 is 5.32 Å². The SMILES string of the molecule is CCCN1CCC(NC(=O)c2cc(-c3ccccc3C)nc3c2cnn3C(C)C)CC1. The van der Waals surface area contributed by atoms with Crippen molar-refractivity contribution in [2.24, 2.45) is 0 Å². The van der Waals surface area contributed by atoms with Crippen molar-refractivity contribution in [2.45, 2.75) is 59.0 Å². The summed E-state index contributed by atoms with van der Waals surface area (Å²) < 4.78 is 1.90. The van der Waals surface area contributed by atoms with Gasteiger partial charge in [0, 0.05) is 30.7 Å². The van der Waals surface area contributed by atoms with Crippen LogP contribution in [0.3, 0.4) is 0 Å². The lowest BCUT2D eigenvalue weighted by Gasteiger charge is -2.32. The first-order valence-corrected chi connectivity index (χ1v) is 11.5. The summed E-state index contributed by atoms with van der Waals surface area (Å²) in [6.45, 7) is 11.7. The minimum atomic E-state index is -0.0283. The maximum atomic E-state index is 13.4. The maximum absolute atomic E-state index is 13.4. The Morgan fingerprint density at radius 3 is 2.65 bits per heavy atom. The summed E-state index contributed by atoms with van der Waals surface area (Å²) >= 11 is 0. The number of piperidine rings is 1. The Bertz CT molecular complexity index is 1060. The Balaban J connectivity index is 1.68. The summed E-state index contributed by atoms with van der Waals surface area (Å²) in [5, 5.41) is 8.64. The molecule has 0 unspecified atom stereocenters. The Morgan fingerprint density at radius 1 is 1.23 bits per heavy atom. The van der Waals surface area contributed by atoms with E-state index in [9.17, 15) is 4.79 Å². The first-order chi connectivity index (χ1) is 15.0. The van der Waals surface area contributed by atoms with Crippen LogP contribution in [-0.4, -0.2) is 51.2 Å². The van der Waals surface area contributed by atoms with E-state index in [1.807, 2.05) is 22.9 Å². The second kappa shape index (κ2) is 9.18. The molecule has 6 heteroatoms. The quantitative estimate of drug-likeness (QED) is 0.635. The smallest absolute Gasteiger partial charge is 0.252 e. The fourth-order valence-corrected chi connectivity index (χ4v) is 4.46. The van der Waals surface area contributed by atoms with Crippen LogP contribution >= 0.6 is 0 Å². The van der Waals surface area contributed by atoms with Gasteiger partial charge in [-0.15, -0.1) is 0 Å². The molecule has 1 saturated heterocycles. The molecule has 164 valence electrons. The molecule has 0 radical (unpaired) electrons. The number of benzene rings is 1. The largest absolute Gasteiger partial charge is 0.349 e. The van der Waals surface area contributed by atoms with Gasteiger partial charge in [-0.05, 0) is 58.2 Å². The molecule has 1 aliphatic heterocycles. The molecular weight excluding hydrogens is 386 g/mol. The molecule has 3 heterocycles. The van der Waals surface area contributed by atoms with Gasteiger partial charge in [0.15, 0.2) is 5.65 Å². The van der Waals surface area contributed by atoms with Gasteiger partial charge in [0.25, 0.3) is 5.91 Å². The number of amides is 1. The number of aromatic nitrogens is 3. The lowest BCUT2D eigenvalue weighted by Crippen LogP contribution is -2.44. The summed E-state index contributed by atoms with van der Waals surface area (Å²) in [6, 6.07) is 10.5. The van der Waals surface area contributed by atoms with Crippen molar-refractivity contribution in [3.8, 4) is 11.3 Å². The molecule has 0 atom stereocenters. The van der Waals surface area contributed by atoms with E-state index >= 15 is 0 Å². The fourth-order valence-electron chi connectivity index (χ4n) is 4.46. The lowest BCUT2D eigenvalue weighted by molar-refractivity contribution is 0.0913. The number of hydrogen-bond acceptors (Lipinski definition) is 4. The van der Waals surface area contributed by atoms with Crippen LogP contribution in [0.1, 0.15) is 62.0 Å². The normalized spacial score (nSPS) is 15.6. The molecular formula is C25H33N5O. The first kappa shape index (κ1) is 21.5. The van der Waals surface area contributed by atoms with E-state index in [0.717, 1.165) is 60.3 Å². The lowest BCUT2D eigenvalue weighted by atomic mass is 10.0. The number of rotatable bonds is 6. The van der Waals surface area contributed by atoms with Gasteiger partial charge >= 0.3 is 0 Å². The van der Waals surface area contributed by atoms with E-state index in [0.29, 0.717) is 5.56 Å². The Labute approximate surface area is 184 Å². The number of aryl methyl sites for hydroxylation is 1. The zero-order chi connectivity index (χ0) is 22.0. The van der Waals surface area contributed by atoms with Gasteiger partial charge in [0.05, 0.1) is 22.8 Å². The summed E-state index contributed by atoms with van der Waals surface area (Å²) in [6.07, 6.45) is 4.95. The third-order valence-corrected chi connectivity index (χ3v) is 6.18. The monoisotopic (exact) mass is 419 g/mol. The number of likely N-dealkylation sites (tertiary alicyclic amines) is 1. The van der Waals surface area contributed by atoms with Crippen LogP contribution in [0.4, 0.5) is 0 Å². The minimum absolute atomic E-state index is 0.0283. The number of hydrogen-bond donors (Lipinski definition) is 1. The summed E-state index contributed by atoms with van der Waals surface area (Å²) in [5.74, 6) is -0.0283. The third-order valence-electron chi connectivity index (χ3n) is 6.18. The molecule has 1 fully saturated rings. The molecule has 1 amide bonds. The van der Waals surface area contributed by atoms with Crippen LogP contribution in [-0.2, 0) is 0 Å². The van der Waals surface area contributed by atoms with Crippen LogP contribution in [0.5, 0.6) is 0 Å². The van der Waals surface area contributed by atoms with Gasteiger partial charge < -0.3 is 10.2 Å². The number of nitrogens with zero attached hydrogens (tertiary/aromatic N) is 4. The number of nitrogens with one attached hydrogen (secondary N) is 1. The second-order valence-corrected chi connectivity index (χ2v) is 8.88. The van der Waals surface area contributed by atoms with Gasteiger partial charge in [-0.2, -0.15) is 5.10 Å². The zero-order valence-electron chi connectivity index (χ0n) is 19.1. The molecule has 1 N–H and O–H groups in total. The Morgan fingerprint density at radius 2 is 1.97 bits per heavy atom. The van der Waals surface area contributed by atoms with Crippen LogP contribution in [0.15, 0.2) is 36.5 Å². The summed E-state index contributed by atoms with van der Waals surface area (Å²) in [5.41, 5.74) is 4.42. The van der Waals surface area contributed by atoms with Crippen molar-refractivity contribution >= 4 is 16.9 Å². The molecule has 6 nitrogen and oxygen atoms in total. The highest BCUT2D eigenvalue weighted by molar-refractivity contribution is 6.06. The molecule has 1 aliphatic rings. The fraction of sp³-hybridized carbons (Fsp3) is 0.480. The molecule has 0 saturated carbocycles. The average molecular weight is 420 g/mol. The average Bonchev–Trinajstić information content (AvgIpc) is 3.19. The van der Waals surface area contributed by atoms with Crippen molar-refractivity contribution in [2.75, 3.05) is 19.6 Å². The van der Waals surface area contributed by atoms with Gasteiger partial charge in [0.2, 0.25) is 0 Å².